The van der Waals surface area contributed by atoms with Gasteiger partial charge in [0.15, 0.2) is 0 Å². The Balaban J connectivity index is 1.58. The predicted octanol–water partition coefficient (Wildman–Crippen LogP) is 1.06. The summed E-state index contributed by atoms with van der Waals surface area (Å²) in [6.45, 7) is 5.35. The van der Waals surface area contributed by atoms with E-state index < -0.39 is 0 Å². The normalized spacial score (nSPS) is 14.9. The topological polar surface area (TPSA) is 72.3 Å². The predicted molar refractivity (Wildman–Crippen MR) is 82.9 cm³/mol. The van der Waals surface area contributed by atoms with Crippen molar-refractivity contribution < 1.29 is 9.53 Å². The van der Waals surface area contributed by atoms with Gasteiger partial charge in [0.1, 0.15) is 6.54 Å². The fraction of sp³-hybridized carbons (Fsp3) is 0.400. The Labute approximate surface area is 128 Å². The highest BCUT2D eigenvalue weighted by molar-refractivity contribution is 5.90. The van der Waals surface area contributed by atoms with Gasteiger partial charge in [-0.1, -0.05) is 5.21 Å². The van der Waals surface area contributed by atoms with Crippen molar-refractivity contribution in [2.75, 3.05) is 36.5 Å². The molecule has 116 valence electrons. The van der Waals surface area contributed by atoms with Crippen LogP contribution in [-0.2, 0) is 16.1 Å². The molecule has 0 radical (unpaired) electrons. The molecule has 22 heavy (non-hydrogen) atoms. The van der Waals surface area contributed by atoms with Crippen LogP contribution in [0.5, 0.6) is 0 Å². The Bertz CT molecular complexity index is 632. The van der Waals surface area contributed by atoms with E-state index in [4.69, 9.17) is 4.74 Å². The number of rotatable bonds is 4. The molecule has 0 atom stereocenters. The first-order valence-electron chi connectivity index (χ1n) is 7.30. The molecule has 7 heteroatoms. The van der Waals surface area contributed by atoms with Gasteiger partial charge >= 0.3 is 0 Å². The second-order valence-corrected chi connectivity index (χ2v) is 5.23. The Morgan fingerprint density at radius 1 is 1.27 bits per heavy atom. The summed E-state index contributed by atoms with van der Waals surface area (Å²) in [5, 5.41) is 10.5. The number of carbonyl (C=O) groups is 1. The van der Waals surface area contributed by atoms with Gasteiger partial charge in [0.05, 0.1) is 25.1 Å². The number of benzene rings is 1. The lowest BCUT2D eigenvalue weighted by Gasteiger charge is -2.28. The quantitative estimate of drug-likeness (QED) is 0.914. The van der Waals surface area contributed by atoms with Gasteiger partial charge in [0, 0.05) is 24.5 Å². The first-order chi connectivity index (χ1) is 10.7. The van der Waals surface area contributed by atoms with Crippen LogP contribution in [0.25, 0.3) is 0 Å². The van der Waals surface area contributed by atoms with Gasteiger partial charge in [-0.15, -0.1) is 5.10 Å². The van der Waals surface area contributed by atoms with E-state index in [1.807, 2.05) is 31.2 Å². The third kappa shape index (κ3) is 3.43. The average Bonchev–Trinajstić information content (AvgIpc) is 2.94. The highest BCUT2D eigenvalue weighted by atomic mass is 16.5. The summed E-state index contributed by atoms with van der Waals surface area (Å²) in [5.74, 6) is -0.118. The summed E-state index contributed by atoms with van der Waals surface area (Å²) >= 11 is 0. The summed E-state index contributed by atoms with van der Waals surface area (Å²) in [7, 11) is 0. The fourth-order valence-corrected chi connectivity index (χ4v) is 2.38. The zero-order valence-electron chi connectivity index (χ0n) is 12.5. The summed E-state index contributed by atoms with van der Waals surface area (Å²) in [6.07, 6.45) is 1.63. The highest BCUT2D eigenvalue weighted by Crippen LogP contribution is 2.19. The minimum absolute atomic E-state index is 0.118. The molecule has 0 aliphatic carbocycles. The number of nitrogens with zero attached hydrogens (tertiary/aromatic N) is 4. The summed E-state index contributed by atoms with van der Waals surface area (Å²) in [5.41, 5.74) is 2.78. The van der Waals surface area contributed by atoms with Gasteiger partial charge in [0.25, 0.3) is 0 Å². The Hall–Kier alpha value is -2.41. The van der Waals surface area contributed by atoms with E-state index in [0.717, 1.165) is 43.4 Å². The minimum atomic E-state index is -0.118. The van der Waals surface area contributed by atoms with Crippen LogP contribution < -0.4 is 10.2 Å². The largest absolute Gasteiger partial charge is 0.378 e. The van der Waals surface area contributed by atoms with Crippen molar-refractivity contribution in [1.82, 2.24) is 15.0 Å². The average molecular weight is 301 g/mol. The van der Waals surface area contributed by atoms with Gasteiger partial charge in [-0.25, -0.2) is 4.68 Å². The lowest BCUT2D eigenvalue weighted by atomic mass is 10.2. The van der Waals surface area contributed by atoms with Crippen LogP contribution in [0.2, 0.25) is 0 Å². The maximum absolute atomic E-state index is 12.0. The third-order valence-corrected chi connectivity index (χ3v) is 3.63. The molecule has 1 aliphatic heterocycles. The molecule has 1 amide bonds. The monoisotopic (exact) mass is 301 g/mol. The van der Waals surface area contributed by atoms with Crippen molar-refractivity contribution in [3.05, 3.63) is 36.2 Å². The molecular formula is C15H19N5O2. The van der Waals surface area contributed by atoms with Crippen LogP contribution in [0, 0.1) is 6.92 Å². The summed E-state index contributed by atoms with van der Waals surface area (Å²) < 4.78 is 6.91. The van der Waals surface area contributed by atoms with Crippen molar-refractivity contribution >= 4 is 17.3 Å². The van der Waals surface area contributed by atoms with Crippen LogP contribution >= 0.6 is 0 Å². The lowest BCUT2D eigenvalue weighted by Crippen LogP contribution is -2.36. The number of ether oxygens (including phenoxy) is 1. The molecule has 7 nitrogen and oxygen atoms in total. The number of nitrogens with one attached hydrogen (secondary N) is 1. The second kappa shape index (κ2) is 6.57. The third-order valence-electron chi connectivity index (χ3n) is 3.63. The molecule has 1 aromatic carbocycles. The molecule has 2 heterocycles. The molecular weight excluding hydrogens is 282 g/mol. The maximum atomic E-state index is 12.0. The second-order valence-electron chi connectivity index (χ2n) is 5.23. The Morgan fingerprint density at radius 2 is 2.00 bits per heavy atom. The van der Waals surface area contributed by atoms with Crippen LogP contribution in [-0.4, -0.2) is 47.2 Å². The summed E-state index contributed by atoms with van der Waals surface area (Å²) in [6, 6.07) is 7.86. The standard InChI is InChI=1S/C15H19N5O2/c1-12-10-16-18-20(12)11-15(21)17-13-2-4-14(5-3-13)19-6-8-22-9-7-19/h2-5,10H,6-9,11H2,1H3,(H,17,21). The SMILES string of the molecule is Cc1cnnn1CC(=O)Nc1ccc(N2CCOCC2)cc1. The van der Waals surface area contributed by atoms with Crippen LogP contribution in [0.15, 0.2) is 30.5 Å². The van der Waals surface area contributed by atoms with E-state index in [1.54, 1.807) is 10.9 Å². The number of morpholine rings is 1. The lowest BCUT2D eigenvalue weighted by molar-refractivity contribution is -0.117. The fourth-order valence-electron chi connectivity index (χ4n) is 2.38. The molecule has 1 saturated heterocycles. The van der Waals surface area contributed by atoms with E-state index in [0.29, 0.717) is 0 Å². The van der Waals surface area contributed by atoms with Crippen molar-refractivity contribution in [1.29, 1.82) is 0 Å². The van der Waals surface area contributed by atoms with E-state index in [-0.39, 0.29) is 12.5 Å². The van der Waals surface area contributed by atoms with E-state index in [2.05, 4.69) is 20.5 Å². The zero-order chi connectivity index (χ0) is 15.4. The number of aromatic nitrogens is 3. The first kappa shape index (κ1) is 14.5. The number of amides is 1. The number of carbonyl (C=O) groups excluding carboxylic acids is 1. The van der Waals surface area contributed by atoms with Crippen LogP contribution in [0.4, 0.5) is 11.4 Å². The molecule has 0 spiro atoms. The van der Waals surface area contributed by atoms with Crippen LogP contribution in [0.1, 0.15) is 5.69 Å². The number of aryl methyl sites for hydroxylation is 1. The number of hydrogen-bond donors (Lipinski definition) is 1. The number of hydrogen-bond acceptors (Lipinski definition) is 5. The van der Waals surface area contributed by atoms with Gasteiger partial charge < -0.3 is 15.0 Å². The minimum Gasteiger partial charge on any atom is -0.378 e. The molecule has 1 N–H and O–H groups in total. The Kier molecular flexibility index (Phi) is 4.34. The Morgan fingerprint density at radius 3 is 2.64 bits per heavy atom. The van der Waals surface area contributed by atoms with Gasteiger partial charge in [-0.3, -0.25) is 4.79 Å². The van der Waals surface area contributed by atoms with E-state index in [1.165, 1.54) is 0 Å². The highest BCUT2D eigenvalue weighted by Gasteiger charge is 2.11. The zero-order valence-corrected chi connectivity index (χ0v) is 12.5. The molecule has 3 rings (SSSR count). The van der Waals surface area contributed by atoms with Crippen molar-refractivity contribution in [3.8, 4) is 0 Å². The molecule has 0 saturated carbocycles. The molecule has 0 bridgehead atoms. The first-order valence-corrected chi connectivity index (χ1v) is 7.30. The smallest absolute Gasteiger partial charge is 0.246 e. The molecule has 1 aromatic heterocycles. The van der Waals surface area contributed by atoms with Crippen molar-refractivity contribution in [2.45, 2.75) is 13.5 Å². The van der Waals surface area contributed by atoms with Gasteiger partial charge in [0.2, 0.25) is 5.91 Å². The van der Waals surface area contributed by atoms with Crippen molar-refractivity contribution in [2.24, 2.45) is 0 Å². The van der Waals surface area contributed by atoms with Gasteiger partial charge in [-0.2, -0.15) is 0 Å². The maximum Gasteiger partial charge on any atom is 0.246 e. The molecule has 0 unspecified atom stereocenters. The van der Waals surface area contributed by atoms with E-state index >= 15 is 0 Å². The number of anilines is 2. The van der Waals surface area contributed by atoms with Crippen LogP contribution in [0.3, 0.4) is 0 Å². The molecule has 1 fully saturated rings. The summed E-state index contributed by atoms with van der Waals surface area (Å²) in [4.78, 5) is 14.3. The molecule has 2 aromatic rings. The van der Waals surface area contributed by atoms with E-state index in [9.17, 15) is 4.79 Å². The van der Waals surface area contributed by atoms with Crippen molar-refractivity contribution in [3.63, 3.8) is 0 Å². The van der Waals surface area contributed by atoms with Gasteiger partial charge in [-0.05, 0) is 31.2 Å². The molecule has 1 aliphatic rings.